The van der Waals surface area contributed by atoms with Crippen LogP contribution in [-0.2, 0) is 24.1 Å². The first kappa shape index (κ1) is 18.7. The predicted molar refractivity (Wildman–Crippen MR) is 104 cm³/mol. The number of benzene rings is 1. The Morgan fingerprint density at radius 1 is 1.12 bits per heavy atom. The molecule has 0 unspecified atom stereocenters. The summed E-state index contributed by atoms with van der Waals surface area (Å²) >= 11 is 1.42. The Hall–Kier alpha value is -2.08. The minimum absolute atomic E-state index is 0.0207. The van der Waals surface area contributed by atoms with Crippen LogP contribution in [-0.4, -0.2) is 21.9 Å². The second kappa shape index (κ2) is 9.03. The number of unbranched alkanes of at least 4 members (excludes halogenated alkanes) is 2. The molecule has 0 bridgehead atoms. The van der Waals surface area contributed by atoms with Crippen LogP contribution in [0.3, 0.4) is 0 Å². The molecule has 0 atom stereocenters. The summed E-state index contributed by atoms with van der Waals surface area (Å²) in [6.07, 6.45) is 8.04. The van der Waals surface area contributed by atoms with E-state index >= 15 is 0 Å². The van der Waals surface area contributed by atoms with Crippen molar-refractivity contribution in [1.29, 1.82) is 0 Å². The number of hydrogen-bond acceptors (Lipinski definition) is 5. The number of amides is 1. The third-order valence-corrected chi connectivity index (χ3v) is 5.61. The minimum atomic E-state index is -0.184. The molecule has 138 valence electrons. The van der Waals surface area contributed by atoms with Gasteiger partial charge in [-0.05, 0) is 42.9 Å². The standard InChI is InChI=1S/C20H25N3O2S/c1-2-3-4-8-19-22-23-20(26-19)21-18(25)12-11-17(24)16-10-9-14-6-5-7-15(14)13-16/h9-10,13H,2-8,11-12H2,1H3,(H,21,23,25). The molecule has 26 heavy (non-hydrogen) atoms. The SMILES string of the molecule is CCCCCc1nnc(NC(=O)CCC(=O)c2ccc3c(c2)CCC3)s1. The number of nitrogens with one attached hydrogen (secondary N) is 1. The third kappa shape index (κ3) is 4.97. The number of aromatic nitrogens is 2. The lowest BCUT2D eigenvalue weighted by molar-refractivity contribution is -0.116. The van der Waals surface area contributed by atoms with Gasteiger partial charge in [-0.15, -0.1) is 10.2 Å². The maximum absolute atomic E-state index is 12.3. The number of carbonyl (C=O) groups excluding carboxylic acids is 2. The van der Waals surface area contributed by atoms with E-state index in [9.17, 15) is 9.59 Å². The van der Waals surface area contributed by atoms with Gasteiger partial charge in [0.1, 0.15) is 5.01 Å². The lowest BCUT2D eigenvalue weighted by Crippen LogP contribution is -2.13. The fourth-order valence-electron chi connectivity index (χ4n) is 3.23. The summed E-state index contributed by atoms with van der Waals surface area (Å²) in [4.78, 5) is 24.4. The summed E-state index contributed by atoms with van der Waals surface area (Å²) in [5.41, 5.74) is 3.35. The van der Waals surface area contributed by atoms with Crippen molar-refractivity contribution >= 4 is 28.2 Å². The van der Waals surface area contributed by atoms with Crippen LogP contribution in [0.1, 0.15) is 71.9 Å². The number of fused-ring (bicyclic) bond motifs is 1. The number of aryl methyl sites for hydroxylation is 3. The Morgan fingerprint density at radius 2 is 1.96 bits per heavy atom. The summed E-state index contributed by atoms with van der Waals surface area (Å²) < 4.78 is 0. The van der Waals surface area contributed by atoms with E-state index in [1.54, 1.807) is 0 Å². The van der Waals surface area contributed by atoms with E-state index in [0.29, 0.717) is 10.7 Å². The summed E-state index contributed by atoms with van der Waals surface area (Å²) in [6, 6.07) is 5.94. The number of nitrogens with zero attached hydrogens (tertiary/aromatic N) is 2. The molecule has 1 heterocycles. The highest BCUT2D eigenvalue weighted by molar-refractivity contribution is 7.15. The van der Waals surface area contributed by atoms with Gasteiger partial charge in [0.25, 0.3) is 0 Å². The van der Waals surface area contributed by atoms with Crippen LogP contribution >= 0.6 is 11.3 Å². The Labute approximate surface area is 158 Å². The van der Waals surface area contributed by atoms with Crippen LogP contribution in [0, 0.1) is 0 Å². The highest BCUT2D eigenvalue weighted by Gasteiger charge is 2.15. The zero-order valence-corrected chi connectivity index (χ0v) is 16.0. The van der Waals surface area contributed by atoms with Crippen molar-refractivity contribution in [3.63, 3.8) is 0 Å². The van der Waals surface area contributed by atoms with Crippen molar-refractivity contribution in [2.45, 2.75) is 64.7 Å². The van der Waals surface area contributed by atoms with E-state index in [1.807, 2.05) is 12.1 Å². The van der Waals surface area contributed by atoms with Crippen LogP contribution in [0.5, 0.6) is 0 Å². The van der Waals surface area contributed by atoms with Gasteiger partial charge >= 0.3 is 0 Å². The van der Waals surface area contributed by atoms with Crippen LogP contribution in [0.15, 0.2) is 18.2 Å². The maximum Gasteiger partial charge on any atom is 0.226 e. The number of hydrogen-bond donors (Lipinski definition) is 1. The van der Waals surface area contributed by atoms with E-state index in [1.165, 1.54) is 35.3 Å². The number of anilines is 1. The molecule has 1 aliphatic rings. The molecule has 0 aliphatic heterocycles. The average molecular weight is 372 g/mol. The van der Waals surface area contributed by atoms with Crippen molar-refractivity contribution < 1.29 is 9.59 Å². The van der Waals surface area contributed by atoms with Crippen molar-refractivity contribution in [2.75, 3.05) is 5.32 Å². The second-order valence-electron chi connectivity index (χ2n) is 6.77. The van der Waals surface area contributed by atoms with E-state index in [4.69, 9.17) is 0 Å². The first-order valence-electron chi connectivity index (χ1n) is 9.43. The molecule has 0 fully saturated rings. The lowest BCUT2D eigenvalue weighted by Gasteiger charge is -2.04. The van der Waals surface area contributed by atoms with Gasteiger partial charge in [0.05, 0.1) is 0 Å². The van der Waals surface area contributed by atoms with Crippen LogP contribution in [0.2, 0.25) is 0 Å². The molecular weight excluding hydrogens is 346 g/mol. The average Bonchev–Trinajstić information content (AvgIpc) is 3.28. The zero-order chi connectivity index (χ0) is 18.4. The Morgan fingerprint density at radius 3 is 2.81 bits per heavy atom. The van der Waals surface area contributed by atoms with E-state index in [0.717, 1.165) is 37.1 Å². The van der Waals surface area contributed by atoms with Crippen molar-refractivity contribution in [3.05, 3.63) is 39.9 Å². The minimum Gasteiger partial charge on any atom is -0.301 e. The lowest BCUT2D eigenvalue weighted by atomic mass is 10.0. The van der Waals surface area contributed by atoms with Crippen LogP contribution in [0.25, 0.3) is 0 Å². The maximum atomic E-state index is 12.3. The van der Waals surface area contributed by atoms with Crippen molar-refractivity contribution in [1.82, 2.24) is 10.2 Å². The molecule has 1 amide bonds. The van der Waals surface area contributed by atoms with E-state index < -0.39 is 0 Å². The fraction of sp³-hybridized carbons (Fsp3) is 0.500. The normalized spacial score (nSPS) is 12.8. The molecule has 1 aliphatic carbocycles. The van der Waals surface area contributed by atoms with Gasteiger partial charge < -0.3 is 5.32 Å². The number of rotatable bonds is 9. The smallest absolute Gasteiger partial charge is 0.226 e. The molecule has 0 saturated carbocycles. The summed E-state index contributed by atoms with van der Waals surface area (Å²) in [7, 11) is 0. The Bertz CT molecular complexity index is 785. The fourth-order valence-corrected chi connectivity index (χ4v) is 4.03. The zero-order valence-electron chi connectivity index (χ0n) is 15.2. The molecule has 1 N–H and O–H groups in total. The van der Waals surface area contributed by atoms with Gasteiger partial charge in [-0.2, -0.15) is 0 Å². The Kier molecular flexibility index (Phi) is 6.50. The van der Waals surface area contributed by atoms with Crippen LogP contribution in [0.4, 0.5) is 5.13 Å². The quantitative estimate of drug-likeness (QED) is 0.525. The molecule has 1 aromatic heterocycles. The van der Waals surface area contributed by atoms with E-state index in [-0.39, 0.29) is 24.5 Å². The third-order valence-electron chi connectivity index (χ3n) is 4.71. The number of ketones is 1. The molecule has 0 saturated heterocycles. The molecule has 2 aromatic rings. The predicted octanol–water partition coefficient (Wildman–Crippen LogP) is 4.36. The van der Waals surface area contributed by atoms with Crippen molar-refractivity contribution in [3.8, 4) is 0 Å². The van der Waals surface area contributed by atoms with E-state index in [2.05, 4.69) is 28.5 Å². The van der Waals surface area contributed by atoms with Crippen molar-refractivity contribution in [2.24, 2.45) is 0 Å². The Balaban J connectivity index is 1.46. The largest absolute Gasteiger partial charge is 0.301 e. The molecular formula is C20H25N3O2S. The second-order valence-corrected chi connectivity index (χ2v) is 7.83. The topological polar surface area (TPSA) is 72.0 Å². The molecule has 0 spiro atoms. The van der Waals surface area contributed by atoms with Gasteiger partial charge in [-0.25, -0.2) is 0 Å². The van der Waals surface area contributed by atoms with Gasteiger partial charge in [-0.3, -0.25) is 9.59 Å². The van der Waals surface area contributed by atoms with Gasteiger partial charge in [-0.1, -0.05) is 43.2 Å². The molecule has 5 nitrogen and oxygen atoms in total. The van der Waals surface area contributed by atoms with Gasteiger partial charge in [0.15, 0.2) is 5.78 Å². The molecule has 1 aromatic carbocycles. The summed E-state index contributed by atoms with van der Waals surface area (Å²) in [5.74, 6) is -0.164. The first-order valence-corrected chi connectivity index (χ1v) is 10.2. The first-order chi connectivity index (χ1) is 12.7. The molecule has 6 heteroatoms. The van der Waals surface area contributed by atoms with Gasteiger partial charge in [0, 0.05) is 24.8 Å². The number of Topliss-reactive ketones (excluding diaryl/α,β-unsaturated/α-hetero) is 1. The molecule has 0 radical (unpaired) electrons. The summed E-state index contributed by atoms with van der Waals surface area (Å²) in [6.45, 7) is 2.16. The molecule has 3 rings (SSSR count). The monoisotopic (exact) mass is 371 g/mol. The summed E-state index contributed by atoms with van der Waals surface area (Å²) in [5, 5.41) is 12.3. The van der Waals surface area contributed by atoms with Gasteiger partial charge in [0.2, 0.25) is 11.0 Å². The van der Waals surface area contributed by atoms with Crippen LogP contribution < -0.4 is 5.32 Å². The number of carbonyl (C=O) groups is 2. The highest BCUT2D eigenvalue weighted by atomic mass is 32.1. The highest BCUT2D eigenvalue weighted by Crippen LogP contribution is 2.23.